The van der Waals surface area contributed by atoms with Crippen molar-refractivity contribution in [1.29, 1.82) is 0 Å². The summed E-state index contributed by atoms with van der Waals surface area (Å²) in [5, 5.41) is 3.30. The molecule has 0 atom stereocenters. The van der Waals surface area contributed by atoms with E-state index in [0.717, 1.165) is 31.5 Å². The maximum atomic E-state index is 12.8. The Morgan fingerprint density at radius 3 is 2.57 bits per heavy atom. The van der Waals surface area contributed by atoms with Gasteiger partial charge in [-0.25, -0.2) is 0 Å². The molecule has 160 valence electrons. The van der Waals surface area contributed by atoms with Gasteiger partial charge < -0.3 is 14.6 Å². The van der Waals surface area contributed by atoms with Gasteiger partial charge in [-0.05, 0) is 44.0 Å². The van der Waals surface area contributed by atoms with Gasteiger partial charge in [-0.15, -0.1) is 0 Å². The van der Waals surface area contributed by atoms with E-state index in [-0.39, 0.29) is 35.2 Å². The number of Topliss-reactive ketones (excluding diaryl/α,β-unsaturated/α-hetero) is 2. The Bertz CT molecular complexity index is 915. The summed E-state index contributed by atoms with van der Waals surface area (Å²) in [6.45, 7) is 4.53. The molecular formula is C24H30N2O4. The number of piperidine rings is 1. The predicted octanol–water partition coefficient (Wildman–Crippen LogP) is 3.22. The third kappa shape index (κ3) is 5.97. The third-order valence-electron chi connectivity index (χ3n) is 5.41. The van der Waals surface area contributed by atoms with E-state index in [1.165, 1.54) is 10.6 Å². The summed E-state index contributed by atoms with van der Waals surface area (Å²) in [4.78, 5) is 37.9. The Labute approximate surface area is 177 Å². The number of rotatable bonds is 10. The van der Waals surface area contributed by atoms with Crippen LogP contribution in [0.1, 0.15) is 65.3 Å². The van der Waals surface area contributed by atoms with Gasteiger partial charge in [-0.2, -0.15) is 0 Å². The molecule has 1 saturated heterocycles. The number of nitrogens with zero attached hydrogens (tertiary/aromatic N) is 1. The van der Waals surface area contributed by atoms with E-state index in [2.05, 4.69) is 5.32 Å². The van der Waals surface area contributed by atoms with Crippen molar-refractivity contribution in [3.8, 4) is 0 Å². The number of aromatic nitrogens is 1. The van der Waals surface area contributed by atoms with E-state index in [4.69, 9.17) is 4.74 Å². The highest BCUT2D eigenvalue weighted by molar-refractivity contribution is 6.00. The van der Waals surface area contributed by atoms with Crippen molar-refractivity contribution in [3.63, 3.8) is 0 Å². The van der Waals surface area contributed by atoms with Gasteiger partial charge in [0.25, 0.3) is 5.56 Å². The number of carbonyl (C=O) groups is 2. The van der Waals surface area contributed by atoms with E-state index >= 15 is 0 Å². The van der Waals surface area contributed by atoms with Crippen LogP contribution in [-0.2, 0) is 11.3 Å². The van der Waals surface area contributed by atoms with Crippen molar-refractivity contribution in [2.24, 2.45) is 0 Å². The predicted molar refractivity (Wildman–Crippen MR) is 116 cm³/mol. The molecule has 0 saturated carbocycles. The number of pyridine rings is 1. The second kappa shape index (κ2) is 11.0. The third-order valence-corrected chi connectivity index (χ3v) is 5.41. The lowest BCUT2D eigenvalue weighted by atomic mass is 10.0. The van der Waals surface area contributed by atoms with Gasteiger partial charge in [0, 0.05) is 31.2 Å². The number of benzene rings is 1. The second-order valence-corrected chi connectivity index (χ2v) is 7.68. The van der Waals surface area contributed by atoms with Gasteiger partial charge in [0.1, 0.15) is 0 Å². The summed E-state index contributed by atoms with van der Waals surface area (Å²) in [5.74, 6) is -0.318. The molecule has 1 aromatic heterocycles. The molecule has 1 aromatic carbocycles. The molecule has 2 aromatic rings. The quantitative estimate of drug-likeness (QED) is 0.481. The normalized spacial score (nSPS) is 14.6. The summed E-state index contributed by atoms with van der Waals surface area (Å²) in [6.07, 6.45) is 5.02. The lowest BCUT2D eigenvalue weighted by Gasteiger charge is -2.22. The van der Waals surface area contributed by atoms with E-state index < -0.39 is 0 Å². The minimum atomic E-state index is -0.350. The topological polar surface area (TPSA) is 77.4 Å². The molecule has 0 bridgehead atoms. The highest BCUT2D eigenvalue weighted by atomic mass is 16.5. The van der Waals surface area contributed by atoms with Gasteiger partial charge in [0.15, 0.2) is 11.6 Å². The molecule has 0 unspecified atom stereocenters. The highest BCUT2D eigenvalue weighted by Crippen LogP contribution is 2.12. The SMILES string of the molecule is CCC(=O)c1cc(C(=O)CCCOC2CCNCC2)cn(Cc2ccccc2)c1=O. The summed E-state index contributed by atoms with van der Waals surface area (Å²) >= 11 is 0. The molecule has 30 heavy (non-hydrogen) atoms. The maximum Gasteiger partial charge on any atom is 0.261 e. The minimum absolute atomic E-state index is 0.0733. The lowest BCUT2D eigenvalue weighted by molar-refractivity contribution is 0.0307. The van der Waals surface area contributed by atoms with E-state index in [1.54, 1.807) is 13.1 Å². The van der Waals surface area contributed by atoms with Crippen LogP contribution in [0.3, 0.4) is 0 Å². The van der Waals surface area contributed by atoms with E-state index in [0.29, 0.717) is 31.6 Å². The average Bonchev–Trinajstić information content (AvgIpc) is 2.78. The molecule has 1 fully saturated rings. The number of hydrogen-bond acceptors (Lipinski definition) is 5. The maximum absolute atomic E-state index is 12.8. The molecule has 0 spiro atoms. The molecule has 1 N–H and O–H groups in total. The molecule has 2 heterocycles. The minimum Gasteiger partial charge on any atom is -0.378 e. The highest BCUT2D eigenvalue weighted by Gasteiger charge is 2.17. The van der Waals surface area contributed by atoms with Crippen LogP contribution in [0.2, 0.25) is 0 Å². The first-order valence-corrected chi connectivity index (χ1v) is 10.8. The van der Waals surface area contributed by atoms with Gasteiger partial charge in [-0.1, -0.05) is 37.3 Å². The number of ketones is 2. The Hall–Kier alpha value is -2.57. The van der Waals surface area contributed by atoms with Gasteiger partial charge in [-0.3, -0.25) is 14.4 Å². The summed E-state index contributed by atoms with van der Waals surface area (Å²) in [7, 11) is 0. The fourth-order valence-corrected chi connectivity index (χ4v) is 3.67. The Morgan fingerprint density at radius 2 is 1.87 bits per heavy atom. The van der Waals surface area contributed by atoms with Crippen LogP contribution in [-0.4, -0.2) is 41.9 Å². The smallest absolute Gasteiger partial charge is 0.261 e. The van der Waals surface area contributed by atoms with Crippen LogP contribution in [0.25, 0.3) is 0 Å². The molecule has 0 radical (unpaired) electrons. The largest absolute Gasteiger partial charge is 0.378 e. The Balaban J connectivity index is 1.70. The molecule has 6 nitrogen and oxygen atoms in total. The van der Waals surface area contributed by atoms with Gasteiger partial charge >= 0.3 is 0 Å². The van der Waals surface area contributed by atoms with Crippen molar-refractivity contribution in [3.05, 3.63) is 69.6 Å². The second-order valence-electron chi connectivity index (χ2n) is 7.68. The van der Waals surface area contributed by atoms with Crippen molar-refractivity contribution < 1.29 is 14.3 Å². The van der Waals surface area contributed by atoms with Gasteiger partial charge in [0.05, 0.1) is 18.2 Å². The molecule has 0 aliphatic carbocycles. The van der Waals surface area contributed by atoms with Crippen molar-refractivity contribution >= 4 is 11.6 Å². The summed E-state index contributed by atoms with van der Waals surface area (Å²) in [6, 6.07) is 11.0. The zero-order chi connectivity index (χ0) is 21.3. The first kappa shape index (κ1) is 22.1. The molecule has 1 aliphatic rings. The first-order valence-electron chi connectivity index (χ1n) is 10.8. The van der Waals surface area contributed by atoms with Crippen LogP contribution in [0.5, 0.6) is 0 Å². The fraction of sp³-hybridized carbons (Fsp3) is 0.458. The Kier molecular flexibility index (Phi) is 8.11. The number of hydrogen-bond donors (Lipinski definition) is 1. The first-order chi connectivity index (χ1) is 14.6. The van der Waals surface area contributed by atoms with Crippen LogP contribution in [0, 0.1) is 0 Å². The van der Waals surface area contributed by atoms with Crippen LogP contribution in [0.4, 0.5) is 0 Å². The molecular weight excluding hydrogens is 380 g/mol. The molecule has 1 aliphatic heterocycles. The lowest BCUT2D eigenvalue weighted by Crippen LogP contribution is -2.32. The zero-order valence-electron chi connectivity index (χ0n) is 17.6. The molecule has 3 rings (SSSR count). The van der Waals surface area contributed by atoms with E-state index in [1.807, 2.05) is 30.3 Å². The average molecular weight is 411 g/mol. The van der Waals surface area contributed by atoms with Crippen LogP contribution < -0.4 is 10.9 Å². The molecule has 6 heteroatoms. The van der Waals surface area contributed by atoms with Gasteiger partial charge in [0.2, 0.25) is 0 Å². The van der Waals surface area contributed by atoms with Crippen LogP contribution in [0.15, 0.2) is 47.4 Å². The summed E-state index contributed by atoms with van der Waals surface area (Å²) < 4.78 is 7.34. The van der Waals surface area contributed by atoms with Crippen LogP contribution >= 0.6 is 0 Å². The van der Waals surface area contributed by atoms with E-state index in [9.17, 15) is 14.4 Å². The number of ether oxygens (including phenoxy) is 1. The van der Waals surface area contributed by atoms with Crippen molar-refractivity contribution in [1.82, 2.24) is 9.88 Å². The Morgan fingerprint density at radius 1 is 1.13 bits per heavy atom. The zero-order valence-corrected chi connectivity index (χ0v) is 17.6. The molecule has 0 amide bonds. The number of nitrogens with one attached hydrogen (secondary N) is 1. The fourth-order valence-electron chi connectivity index (χ4n) is 3.67. The summed E-state index contributed by atoms with van der Waals surface area (Å²) in [5.41, 5.74) is 1.08. The standard InChI is InChI=1S/C24H30N2O4/c1-2-22(27)21-15-19(17-26(24(21)29)16-18-7-4-3-5-8-18)23(28)9-6-14-30-20-10-12-25-13-11-20/h3-5,7-8,15,17,20,25H,2,6,9-14,16H2,1H3. The number of carbonyl (C=O) groups excluding carboxylic acids is 2. The monoisotopic (exact) mass is 410 g/mol. The van der Waals surface area contributed by atoms with Crippen molar-refractivity contribution in [2.75, 3.05) is 19.7 Å². The van der Waals surface area contributed by atoms with Crippen molar-refractivity contribution in [2.45, 2.75) is 51.7 Å².